The fourth-order valence-corrected chi connectivity index (χ4v) is 537. The van der Waals surface area contributed by atoms with Crippen LogP contribution in [0.2, 0.25) is 36.3 Å². The lowest BCUT2D eigenvalue weighted by Gasteiger charge is -2.47. The normalized spacial score (nSPS) is 22.1. The Morgan fingerprint density at radius 2 is 0.778 bits per heavy atom. The van der Waals surface area contributed by atoms with Crippen molar-refractivity contribution in [2.24, 2.45) is 11.8 Å². The summed E-state index contributed by atoms with van der Waals surface area (Å²) in [6.07, 6.45) is 24.3. The number of carbonyl (C=O) groups is 2. The van der Waals surface area contributed by atoms with Crippen molar-refractivity contribution in [1.82, 2.24) is 9.80 Å². The van der Waals surface area contributed by atoms with Gasteiger partial charge in [0.05, 0.1) is 30.9 Å². The van der Waals surface area contributed by atoms with Crippen LogP contribution in [0, 0.1) is 11.8 Å². The molecule has 2 heterocycles. The van der Waals surface area contributed by atoms with E-state index in [-0.39, 0.29) is 197 Å². The summed E-state index contributed by atoms with van der Waals surface area (Å²) >= 11 is 0. The molecule has 0 fully saturated rings. The molecule has 29 unspecified atom stereocenters. The van der Waals surface area contributed by atoms with Gasteiger partial charge in [0.25, 0.3) is 0 Å². The number of aliphatic hydroxyl groups is 1. The molecule has 0 aliphatic carbocycles. The number of hydrogen-bond acceptors (Lipinski definition) is 5. The van der Waals surface area contributed by atoms with E-state index in [9.17, 15) is 14.7 Å². The van der Waals surface area contributed by atoms with Crippen LogP contribution in [-0.2, 0) is 18.4 Å². The van der Waals surface area contributed by atoms with Gasteiger partial charge in [-0.05, 0) is 220 Å². The number of aliphatic hydroxyl groups excluding tert-OH is 1. The Labute approximate surface area is 687 Å². The molecule has 31 atom stereocenters. The van der Waals surface area contributed by atoms with Crippen LogP contribution < -0.4 is 0 Å². The lowest BCUT2D eigenvalue weighted by molar-refractivity contribution is -0.132. The summed E-state index contributed by atoms with van der Waals surface area (Å²) in [5, 5.41) is 9.74. The van der Waals surface area contributed by atoms with Crippen molar-refractivity contribution >= 4 is 375 Å². The van der Waals surface area contributed by atoms with Crippen molar-refractivity contribution in [3.63, 3.8) is 0 Å². The molecule has 7 nitrogen and oxygen atoms in total. The van der Waals surface area contributed by atoms with Gasteiger partial charge in [0.15, 0.2) is 16.6 Å². The zero-order chi connectivity index (χ0) is 77.7. The highest BCUT2D eigenvalue weighted by molar-refractivity contribution is 9.39. The quantitative estimate of drug-likeness (QED) is 0.0404. The molecule has 2 amide bonds. The number of allylic oxidation sites excluding steroid dienone is 2. The standard InChI is InChI=1S/C24H43NO2Si.C23H43NO3Si.H24P22.H23P21/c1-10-14-19(2)23-20(3)17-18-21(27-28(8,9)24(4,5)6)15-12-11-13-16-22(26)25(23)7;1-18-14-15-20(27-28(7,8)23(3,4)5)12-10-9-11-13-21(26)24(6)22(18)19(2)16-17-25;1-13(2)19(14(3)4)22(20(15(5)6)16(7)8)21(17(9)10)18(11)12;1-12-18(13(2)3)21(19(14(4)5)15(6)7)20(16(8)9)17(10)11/h10,14,17-18,20-21,23H,1,11-13,15-16H2,2-9H3;14-16,18,20,22,25H,9-13,17H2,1-8H3;1-12H2;12H,1-11H2/b18-17+,19-14+;15-14+,19-16+;;/t20-,21?,23?;18-,20?,22?;;/m00../s1. The van der Waals surface area contributed by atoms with Crippen LogP contribution in [0.3, 0.4) is 0 Å². The molecule has 584 valence electrons. The number of amides is 2. The highest BCUT2D eigenvalue weighted by Crippen LogP contribution is 3.33. The first kappa shape index (κ1) is 117. The molecule has 2 aliphatic heterocycles. The Balaban J connectivity index is 0. The number of likely N-dealkylation sites (N-methyl/N-ethyl adjacent to an activating group) is 2. The van der Waals surface area contributed by atoms with E-state index in [2.05, 4.69) is 325 Å². The van der Waals surface area contributed by atoms with Crippen LogP contribution in [0.25, 0.3) is 0 Å². The summed E-state index contributed by atoms with van der Waals surface area (Å²) in [5.41, 5.74) is 2.20. The molecule has 2 aliphatic rings. The van der Waals surface area contributed by atoms with Crippen LogP contribution in [0.1, 0.15) is 133 Å². The molecule has 1 N–H and O–H groups in total. The third-order valence-corrected chi connectivity index (χ3v) is 295. The summed E-state index contributed by atoms with van der Waals surface area (Å²) in [6.45, 7) is 36.6. The molecule has 0 aromatic rings. The Morgan fingerprint density at radius 3 is 1.02 bits per heavy atom. The molecule has 0 aromatic heterocycles. The van der Waals surface area contributed by atoms with Crippen LogP contribution in [-0.4, -0.2) is 88.3 Å². The first-order valence-electron chi connectivity index (χ1n) is 31.2. The average molecular weight is 2190 g/mol. The minimum absolute atomic E-state index is 0.00208. The number of nitrogens with zero attached hydrogens (tertiary/aromatic N) is 2. The monoisotopic (exact) mass is 2190 g/mol. The van der Waals surface area contributed by atoms with Gasteiger partial charge in [-0.2, -0.15) is 0 Å². The fourth-order valence-electron chi connectivity index (χ4n) is 9.43. The Kier molecular flexibility index (Phi) is 73.3. The topological polar surface area (TPSA) is 79.3 Å². The van der Waals surface area contributed by atoms with E-state index in [0.29, 0.717) is 12.8 Å². The van der Waals surface area contributed by atoms with Crippen molar-refractivity contribution in [3.8, 4) is 0 Å². The van der Waals surface area contributed by atoms with Crippen molar-refractivity contribution in [1.29, 1.82) is 0 Å². The van der Waals surface area contributed by atoms with Crippen LogP contribution in [0.4, 0.5) is 0 Å². The van der Waals surface area contributed by atoms with Crippen LogP contribution >= 0.6 is 346 Å². The first-order chi connectivity index (χ1) is 45.3. The third kappa shape index (κ3) is 45.4. The number of rotatable bonds is 26. The molecular formula is C47H133N2O5P43Si2. The summed E-state index contributed by atoms with van der Waals surface area (Å²) in [4.78, 5) is 29.1. The highest BCUT2D eigenvalue weighted by Gasteiger charge is 2.46. The smallest absolute Gasteiger partial charge is 0.222 e. The van der Waals surface area contributed by atoms with Crippen LogP contribution in [0.15, 0.2) is 60.3 Å². The van der Waals surface area contributed by atoms with E-state index in [1.807, 2.05) is 49.0 Å². The molecule has 0 aromatic carbocycles. The van der Waals surface area contributed by atoms with Crippen molar-refractivity contribution < 1.29 is 23.5 Å². The van der Waals surface area contributed by atoms with E-state index in [1.54, 1.807) is 0 Å². The molecule has 52 heteroatoms. The summed E-state index contributed by atoms with van der Waals surface area (Å²) in [7, 11) is 74.3. The van der Waals surface area contributed by atoms with Gasteiger partial charge >= 0.3 is 0 Å². The SMILES string of the molecule is C/C(=C\CO)C1[C@@H](C)/C=C/C(O[Si](C)(C)C(C)(C)C)CCCCCC(=O)N1C.C=C/C=C(\C)C1[C@@H](C)/C=C/C(O[Si](C)(C)C(C)(C)C)CCCCCC(=O)N1C.PP(P)P(P(P)P)P(P(P(P)P)P(P)P)P(P(P)P)P(P)P.PPP(P(P)P)P(P(P(P)P)P(P)P)P(P(P)P)P(P)P. The van der Waals surface area contributed by atoms with Gasteiger partial charge in [0, 0.05) is 26.9 Å². The second-order valence-corrected chi connectivity index (χ2v) is 204. The zero-order valence-corrected chi connectivity index (χ0v) is 108. The van der Waals surface area contributed by atoms with Gasteiger partial charge in [-0.15, -0.1) is 205 Å². The zero-order valence-electron chi connectivity index (χ0n) is 61.2. The van der Waals surface area contributed by atoms with E-state index >= 15 is 0 Å². The van der Waals surface area contributed by atoms with E-state index < -0.39 is 16.6 Å². The maximum atomic E-state index is 12.7. The maximum absolute atomic E-state index is 12.7. The predicted octanol–water partition coefficient (Wildman–Crippen LogP) is 36.2. The molecule has 0 radical (unpaired) electrons. The summed E-state index contributed by atoms with van der Waals surface area (Å²) in [5.74, 6) is 0.791. The third-order valence-electron chi connectivity index (χ3n) is 16.2. The molecular weight excluding hydrogens is 2060 g/mol. The molecule has 2 rings (SSSR count). The molecule has 0 saturated heterocycles. The highest BCUT2D eigenvalue weighted by atomic mass is 33.4. The van der Waals surface area contributed by atoms with Crippen molar-refractivity contribution in [3.05, 3.63) is 60.3 Å². The maximum Gasteiger partial charge on any atom is 0.222 e. The predicted molar refractivity (Wildman–Crippen MR) is 608 cm³/mol. The van der Waals surface area contributed by atoms with Gasteiger partial charge in [-0.1, -0.05) is 149 Å². The van der Waals surface area contributed by atoms with Crippen LogP contribution in [0.5, 0.6) is 0 Å². The minimum Gasteiger partial charge on any atom is -0.411 e. The number of carbonyl (C=O) groups excluding carboxylic acids is 2. The van der Waals surface area contributed by atoms with Gasteiger partial charge in [0.1, 0.15) is 0 Å². The molecule has 99 heavy (non-hydrogen) atoms. The molecule has 0 spiro atoms. The largest absolute Gasteiger partial charge is 0.411 e. The minimum atomic E-state index is -1.84. The van der Waals surface area contributed by atoms with Crippen molar-refractivity contribution in [2.75, 3.05) is 20.7 Å². The Morgan fingerprint density at radius 1 is 0.495 bits per heavy atom. The summed E-state index contributed by atoms with van der Waals surface area (Å²) < 4.78 is 13.4. The average Bonchev–Trinajstić information content (AvgIpc) is 0.809. The molecule has 0 saturated carbocycles. The van der Waals surface area contributed by atoms with E-state index in [0.717, 1.165) is 64.9 Å². The fraction of sp³-hybridized carbons (Fsp3) is 0.745. The first-order valence-corrected chi connectivity index (χ1v) is 114. The van der Waals surface area contributed by atoms with Crippen molar-refractivity contribution in [2.45, 2.75) is 194 Å². The lowest BCUT2D eigenvalue weighted by Crippen LogP contribution is -2.44. The summed E-state index contributed by atoms with van der Waals surface area (Å²) in [6, 6.07) is 0.0125. The second-order valence-electron chi connectivity index (χ2n) is 26.2. The second kappa shape index (κ2) is 61.7. The van der Waals surface area contributed by atoms with E-state index in [1.165, 1.54) is 5.57 Å². The van der Waals surface area contributed by atoms with E-state index in [4.69, 9.17) is 8.85 Å². The molecule has 0 bridgehead atoms. The Hall–Kier alpha value is 16.4. The van der Waals surface area contributed by atoms with Gasteiger partial charge in [-0.25, -0.2) is 0 Å². The van der Waals surface area contributed by atoms with Gasteiger partial charge < -0.3 is 23.8 Å². The Bertz CT molecular complexity index is 2300. The van der Waals surface area contributed by atoms with Gasteiger partial charge in [-0.3, -0.25) is 9.59 Å². The lowest BCUT2D eigenvalue weighted by atomic mass is 9.91. The number of hydrogen-bond donors (Lipinski definition) is 1. The van der Waals surface area contributed by atoms with Gasteiger partial charge in [0.2, 0.25) is 11.8 Å².